The highest BCUT2D eigenvalue weighted by molar-refractivity contribution is 4.99. The van der Waals surface area contributed by atoms with Crippen LogP contribution in [0.25, 0.3) is 0 Å². The first-order chi connectivity index (χ1) is 6.65. The molecule has 14 heavy (non-hydrogen) atoms. The van der Waals surface area contributed by atoms with Gasteiger partial charge in [-0.2, -0.15) is 0 Å². The minimum atomic E-state index is 0.192. The second kappa shape index (κ2) is 5.10. The first-order valence-corrected chi connectivity index (χ1v) is 5.64. The molecule has 0 aromatic carbocycles. The fraction of sp³-hybridized carbons (Fsp3) is 1.00. The van der Waals surface area contributed by atoms with Crippen LogP contribution in [0.5, 0.6) is 0 Å². The van der Waals surface area contributed by atoms with Gasteiger partial charge in [0.15, 0.2) is 0 Å². The molecule has 0 aromatic heterocycles. The van der Waals surface area contributed by atoms with Gasteiger partial charge in [-0.25, -0.2) is 0 Å². The molecule has 2 N–H and O–H groups in total. The number of nitrogens with two attached hydrogens (primary N) is 1. The molecule has 1 saturated carbocycles. The second-order valence-electron chi connectivity index (χ2n) is 4.45. The van der Waals surface area contributed by atoms with Gasteiger partial charge in [-0.1, -0.05) is 0 Å². The average Bonchev–Trinajstić information content (AvgIpc) is 3.00. The Balaban J connectivity index is 2.35. The predicted molar refractivity (Wildman–Crippen MR) is 59.3 cm³/mol. The summed E-state index contributed by atoms with van der Waals surface area (Å²) >= 11 is 0. The van der Waals surface area contributed by atoms with E-state index in [1.54, 1.807) is 0 Å². The van der Waals surface area contributed by atoms with Crippen LogP contribution in [-0.2, 0) is 4.74 Å². The predicted octanol–water partition coefficient (Wildman–Crippen LogP) is 1.08. The highest BCUT2D eigenvalue weighted by atomic mass is 16.5. The largest absolute Gasteiger partial charge is 0.380 e. The van der Waals surface area contributed by atoms with E-state index in [4.69, 9.17) is 10.5 Å². The summed E-state index contributed by atoms with van der Waals surface area (Å²) in [6, 6.07) is 0. The summed E-state index contributed by atoms with van der Waals surface area (Å²) in [6.45, 7) is 7.66. The SMILES string of the molecule is CCOCCN(C)C(C)(CN)C1CC1. The highest BCUT2D eigenvalue weighted by Gasteiger charge is 2.42. The smallest absolute Gasteiger partial charge is 0.0593 e. The maximum absolute atomic E-state index is 5.87. The Kier molecular flexibility index (Phi) is 4.35. The lowest BCUT2D eigenvalue weighted by molar-refractivity contribution is 0.0651. The number of likely N-dealkylation sites (N-methyl/N-ethyl adjacent to an activating group) is 1. The molecule has 3 heteroatoms. The molecule has 0 amide bonds. The molecule has 0 bridgehead atoms. The molecule has 0 saturated heterocycles. The van der Waals surface area contributed by atoms with Crippen LogP contribution >= 0.6 is 0 Å². The van der Waals surface area contributed by atoms with Crippen molar-refractivity contribution in [3.05, 3.63) is 0 Å². The van der Waals surface area contributed by atoms with E-state index >= 15 is 0 Å². The minimum Gasteiger partial charge on any atom is -0.380 e. The Morgan fingerprint density at radius 1 is 1.50 bits per heavy atom. The number of nitrogens with zero attached hydrogens (tertiary/aromatic N) is 1. The Morgan fingerprint density at radius 3 is 2.57 bits per heavy atom. The molecule has 1 unspecified atom stereocenters. The van der Waals surface area contributed by atoms with Crippen molar-refractivity contribution in [1.29, 1.82) is 0 Å². The molecule has 0 spiro atoms. The average molecular weight is 200 g/mol. The summed E-state index contributed by atoms with van der Waals surface area (Å²) in [5.41, 5.74) is 6.06. The van der Waals surface area contributed by atoms with E-state index < -0.39 is 0 Å². The van der Waals surface area contributed by atoms with Crippen LogP contribution < -0.4 is 5.73 Å². The zero-order valence-corrected chi connectivity index (χ0v) is 9.75. The summed E-state index contributed by atoms with van der Waals surface area (Å²) in [7, 11) is 2.16. The zero-order chi connectivity index (χ0) is 10.6. The van der Waals surface area contributed by atoms with Gasteiger partial charge in [-0.15, -0.1) is 0 Å². The summed E-state index contributed by atoms with van der Waals surface area (Å²) in [5.74, 6) is 0.805. The van der Waals surface area contributed by atoms with Crippen molar-refractivity contribution < 1.29 is 4.74 Å². The van der Waals surface area contributed by atoms with Crippen molar-refractivity contribution in [3.8, 4) is 0 Å². The van der Waals surface area contributed by atoms with E-state index in [1.165, 1.54) is 12.8 Å². The number of ether oxygens (including phenoxy) is 1. The lowest BCUT2D eigenvalue weighted by atomic mass is 9.94. The summed E-state index contributed by atoms with van der Waals surface area (Å²) in [4.78, 5) is 2.36. The zero-order valence-electron chi connectivity index (χ0n) is 9.75. The second-order valence-corrected chi connectivity index (χ2v) is 4.45. The molecule has 1 atom stereocenters. The third-order valence-electron chi connectivity index (χ3n) is 3.52. The Morgan fingerprint density at radius 2 is 2.14 bits per heavy atom. The van der Waals surface area contributed by atoms with Gasteiger partial charge in [-0.3, -0.25) is 4.90 Å². The van der Waals surface area contributed by atoms with Crippen LogP contribution in [0, 0.1) is 5.92 Å². The lowest BCUT2D eigenvalue weighted by Gasteiger charge is -2.38. The maximum Gasteiger partial charge on any atom is 0.0593 e. The Labute approximate surface area is 87.6 Å². The van der Waals surface area contributed by atoms with Gasteiger partial charge in [0, 0.05) is 25.2 Å². The first kappa shape index (κ1) is 12.0. The highest BCUT2D eigenvalue weighted by Crippen LogP contribution is 2.41. The monoisotopic (exact) mass is 200 g/mol. The van der Waals surface area contributed by atoms with Crippen molar-refractivity contribution in [2.75, 3.05) is 33.4 Å². The topological polar surface area (TPSA) is 38.5 Å². The molecule has 84 valence electrons. The molecule has 1 aliphatic rings. The van der Waals surface area contributed by atoms with Crippen LogP contribution in [-0.4, -0.2) is 43.8 Å². The van der Waals surface area contributed by atoms with Crippen molar-refractivity contribution in [3.63, 3.8) is 0 Å². The van der Waals surface area contributed by atoms with E-state index in [-0.39, 0.29) is 5.54 Å². The Hall–Kier alpha value is -0.120. The molecular formula is C11H24N2O. The molecule has 0 aromatic rings. The molecule has 1 rings (SSSR count). The van der Waals surface area contributed by atoms with Crippen LogP contribution in [0.4, 0.5) is 0 Å². The van der Waals surface area contributed by atoms with Crippen molar-refractivity contribution >= 4 is 0 Å². The number of hydrogen-bond acceptors (Lipinski definition) is 3. The standard InChI is InChI=1S/C11H24N2O/c1-4-14-8-7-13(3)11(2,9-12)10-5-6-10/h10H,4-9,12H2,1-3H3. The van der Waals surface area contributed by atoms with E-state index in [1.807, 2.05) is 6.92 Å². The maximum atomic E-state index is 5.87. The van der Waals surface area contributed by atoms with Crippen LogP contribution in [0.1, 0.15) is 26.7 Å². The third kappa shape index (κ3) is 2.69. The van der Waals surface area contributed by atoms with Gasteiger partial charge >= 0.3 is 0 Å². The molecule has 1 fully saturated rings. The minimum absolute atomic E-state index is 0.192. The summed E-state index contributed by atoms with van der Waals surface area (Å²) in [5, 5.41) is 0. The quantitative estimate of drug-likeness (QED) is 0.625. The summed E-state index contributed by atoms with van der Waals surface area (Å²) < 4.78 is 5.36. The number of hydrogen-bond donors (Lipinski definition) is 1. The molecule has 0 heterocycles. The molecule has 0 radical (unpaired) electrons. The van der Waals surface area contributed by atoms with Gasteiger partial charge in [0.1, 0.15) is 0 Å². The van der Waals surface area contributed by atoms with Crippen molar-refractivity contribution in [1.82, 2.24) is 4.90 Å². The molecule has 0 aliphatic heterocycles. The summed E-state index contributed by atoms with van der Waals surface area (Å²) in [6.07, 6.45) is 2.68. The normalized spacial score (nSPS) is 21.2. The van der Waals surface area contributed by atoms with Gasteiger partial charge < -0.3 is 10.5 Å². The van der Waals surface area contributed by atoms with Crippen molar-refractivity contribution in [2.24, 2.45) is 11.7 Å². The lowest BCUT2D eigenvalue weighted by Crippen LogP contribution is -2.52. The van der Waals surface area contributed by atoms with Crippen LogP contribution in [0.2, 0.25) is 0 Å². The number of rotatable bonds is 7. The molecule has 3 nitrogen and oxygen atoms in total. The van der Waals surface area contributed by atoms with Gasteiger partial charge in [-0.05, 0) is 39.7 Å². The first-order valence-electron chi connectivity index (χ1n) is 5.64. The fourth-order valence-electron chi connectivity index (χ4n) is 1.94. The van der Waals surface area contributed by atoms with Gasteiger partial charge in [0.2, 0.25) is 0 Å². The van der Waals surface area contributed by atoms with Crippen LogP contribution in [0.15, 0.2) is 0 Å². The van der Waals surface area contributed by atoms with Crippen LogP contribution in [0.3, 0.4) is 0 Å². The van der Waals surface area contributed by atoms with Gasteiger partial charge in [0.25, 0.3) is 0 Å². The molecule has 1 aliphatic carbocycles. The van der Waals surface area contributed by atoms with Crippen molar-refractivity contribution in [2.45, 2.75) is 32.2 Å². The van der Waals surface area contributed by atoms with E-state index in [2.05, 4.69) is 18.9 Å². The van der Waals surface area contributed by atoms with E-state index in [9.17, 15) is 0 Å². The fourth-order valence-corrected chi connectivity index (χ4v) is 1.94. The molecular weight excluding hydrogens is 176 g/mol. The third-order valence-corrected chi connectivity index (χ3v) is 3.52. The van der Waals surface area contributed by atoms with E-state index in [0.29, 0.717) is 0 Å². The Bertz CT molecular complexity index is 171. The van der Waals surface area contributed by atoms with E-state index in [0.717, 1.165) is 32.2 Å². The van der Waals surface area contributed by atoms with Gasteiger partial charge in [0.05, 0.1) is 6.61 Å².